The van der Waals surface area contributed by atoms with Crippen LogP contribution in [0.1, 0.15) is 5.01 Å². The molecule has 0 saturated carbocycles. The number of hydrogen-bond acceptors (Lipinski definition) is 5. The number of amides is 1. The van der Waals surface area contributed by atoms with Crippen molar-refractivity contribution in [3.05, 3.63) is 33.7 Å². The van der Waals surface area contributed by atoms with Gasteiger partial charge in [0.25, 0.3) is 0 Å². The SMILES string of the molecule is Cc1nnc(SCC(=O)Nc2ccc(Br)cc2)s1. The van der Waals surface area contributed by atoms with E-state index in [0.717, 1.165) is 19.5 Å². The molecule has 0 fully saturated rings. The molecule has 2 aromatic rings. The first-order valence-electron chi connectivity index (χ1n) is 5.12. The van der Waals surface area contributed by atoms with Gasteiger partial charge >= 0.3 is 0 Å². The normalized spacial score (nSPS) is 10.3. The lowest BCUT2D eigenvalue weighted by atomic mass is 10.3. The van der Waals surface area contributed by atoms with Crippen LogP contribution in [0.15, 0.2) is 33.1 Å². The van der Waals surface area contributed by atoms with Gasteiger partial charge in [-0.15, -0.1) is 10.2 Å². The van der Waals surface area contributed by atoms with Gasteiger partial charge in [-0.3, -0.25) is 4.79 Å². The molecule has 0 aliphatic rings. The first-order chi connectivity index (χ1) is 8.63. The largest absolute Gasteiger partial charge is 0.325 e. The van der Waals surface area contributed by atoms with Gasteiger partial charge in [0.05, 0.1) is 5.75 Å². The summed E-state index contributed by atoms with van der Waals surface area (Å²) in [4.78, 5) is 11.7. The quantitative estimate of drug-likeness (QED) is 0.865. The van der Waals surface area contributed by atoms with Crippen molar-refractivity contribution in [1.82, 2.24) is 10.2 Å². The zero-order chi connectivity index (χ0) is 13.0. The lowest BCUT2D eigenvalue weighted by Crippen LogP contribution is -2.13. The maximum Gasteiger partial charge on any atom is 0.234 e. The van der Waals surface area contributed by atoms with Crippen molar-refractivity contribution in [3.8, 4) is 0 Å². The van der Waals surface area contributed by atoms with Crippen molar-refractivity contribution in [2.24, 2.45) is 0 Å². The van der Waals surface area contributed by atoms with Crippen LogP contribution in [0.4, 0.5) is 5.69 Å². The van der Waals surface area contributed by atoms with Crippen molar-refractivity contribution in [1.29, 1.82) is 0 Å². The molecule has 0 aliphatic carbocycles. The van der Waals surface area contributed by atoms with Crippen molar-refractivity contribution in [2.45, 2.75) is 11.3 Å². The van der Waals surface area contributed by atoms with Gasteiger partial charge in [-0.1, -0.05) is 39.0 Å². The number of carbonyl (C=O) groups is 1. The number of aryl methyl sites for hydroxylation is 1. The summed E-state index contributed by atoms with van der Waals surface area (Å²) >= 11 is 6.23. The van der Waals surface area contributed by atoms with E-state index in [1.807, 2.05) is 31.2 Å². The van der Waals surface area contributed by atoms with Gasteiger partial charge in [-0.05, 0) is 31.2 Å². The highest BCUT2D eigenvalue weighted by Gasteiger charge is 2.06. The predicted octanol–water partition coefficient (Wildman–Crippen LogP) is 3.34. The summed E-state index contributed by atoms with van der Waals surface area (Å²) in [5.74, 6) is 0.292. The molecule has 0 bridgehead atoms. The van der Waals surface area contributed by atoms with Crippen LogP contribution in [0, 0.1) is 6.92 Å². The molecule has 1 aromatic heterocycles. The zero-order valence-corrected chi connectivity index (χ0v) is 12.7. The summed E-state index contributed by atoms with van der Waals surface area (Å²) in [6.45, 7) is 1.89. The van der Waals surface area contributed by atoms with E-state index in [9.17, 15) is 4.79 Å². The van der Waals surface area contributed by atoms with Crippen LogP contribution < -0.4 is 5.32 Å². The average Bonchev–Trinajstić information content (AvgIpc) is 2.76. The van der Waals surface area contributed by atoms with Crippen LogP contribution in [0.5, 0.6) is 0 Å². The summed E-state index contributed by atoms with van der Waals surface area (Å²) in [6.07, 6.45) is 0. The van der Waals surface area contributed by atoms with Crippen LogP contribution >= 0.6 is 39.0 Å². The summed E-state index contributed by atoms with van der Waals surface area (Å²) in [7, 11) is 0. The van der Waals surface area contributed by atoms with E-state index in [0.29, 0.717) is 5.75 Å². The smallest absolute Gasteiger partial charge is 0.234 e. The molecule has 1 N–H and O–H groups in total. The zero-order valence-electron chi connectivity index (χ0n) is 9.51. The average molecular weight is 344 g/mol. The Labute approximate surface area is 121 Å². The number of halogens is 1. The number of aromatic nitrogens is 2. The maximum absolute atomic E-state index is 11.7. The Morgan fingerprint density at radius 2 is 2.11 bits per heavy atom. The van der Waals surface area contributed by atoms with Crippen LogP contribution in [-0.2, 0) is 4.79 Å². The highest BCUT2D eigenvalue weighted by molar-refractivity contribution is 9.10. The van der Waals surface area contributed by atoms with E-state index in [-0.39, 0.29) is 5.91 Å². The maximum atomic E-state index is 11.7. The van der Waals surface area contributed by atoms with Crippen LogP contribution in [0.25, 0.3) is 0 Å². The Balaban J connectivity index is 1.83. The second-order valence-electron chi connectivity index (χ2n) is 3.43. The van der Waals surface area contributed by atoms with Gasteiger partial charge in [0.15, 0.2) is 4.34 Å². The van der Waals surface area contributed by atoms with Gasteiger partial charge < -0.3 is 5.32 Å². The minimum atomic E-state index is -0.0461. The number of nitrogens with one attached hydrogen (secondary N) is 1. The Morgan fingerprint density at radius 3 is 2.72 bits per heavy atom. The molecule has 7 heteroatoms. The third-order valence-corrected chi connectivity index (χ3v) is 4.46. The van der Waals surface area contributed by atoms with Crippen LogP contribution in [0.2, 0.25) is 0 Å². The molecule has 1 amide bonds. The fourth-order valence-corrected chi connectivity index (χ4v) is 3.07. The fourth-order valence-electron chi connectivity index (χ4n) is 1.19. The molecule has 18 heavy (non-hydrogen) atoms. The number of rotatable bonds is 4. The Kier molecular flexibility index (Phi) is 4.73. The molecular formula is C11H10BrN3OS2. The van der Waals surface area contributed by atoms with Crippen LogP contribution in [0.3, 0.4) is 0 Å². The van der Waals surface area contributed by atoms with Gasteiger partial charge in [0.2, 0.25) is 5.91 Å². The number of carbonyl (C=O) groups excluding carboxylic acids is 1. The molecule has 2 rings (SSSR count). The third kappa shape index (κ3) is 4.08. The number of thioether (sulfide) groups is 1. The first-order valence-corrected chi connectivity index (χ1v) is 7.71. The Hall–Kier alpha value is -0.920. The highest BCUT2D eigenvalue weighted by Crippen LogP contribution is 2.22. The molecule has 0 spiro atoms. The lowest BCUT2D eigenvalue weighted by molar-refractivity contribution is -0.113. The predicted molar refractivity (Wildman–Crippen MR) is 78.1 cm³/mol. The first kappa shape index (κ1) is 13.5. The van der Waals surface area contributed by atoms with Crippen molar-refractivity contribution in [2.75, 3.05) is 11.1 Å². The van der Waals surface area contributed by atoms with Gasteiger partial charge in [0, 0.05) is 10.2 Å². The summed E-state index contributed by atoms with van der Waals surface area (Å²) < 4.78 is 1.80. The molecule has 0 aliphatic heterocycles. The fraction of sp³-hybridized carbons (Fsp3) is 0.182. The summed E-state index contributed by atoms with van der Waals surface area (Å²) in [6, 6.07) is 7.47. The number of benzene rings is 1. The second-order valence-corrected chi connectivity index (χ2v) is 6.75. The highest BCUT2D eigenvalue weighted by atomic mass is 79.9. The van der Waals surface area contributed by atoms with E-state index in [2.05, 4.69) is 31.4 Å². The number of hydrogen-bond donors (Lipinski definition) is 1. The topological polar surface area (TPSA) is 54.9 Å². The molecule has 4 nitrogen and oxygen atoms in total. The van der Waals surface area contributed by atoms with Gasteiger partial charge in [0.1, 0.15) is 5.01 Å². The summed E-state index contributed by atoms with van der Waals surface area (Å²) in [5.41, 5.74) is 0.789. The third-order valence-electron chi connectivity index (χ3n) is 1.96. The van der Waals surface area contributed by atoms with Crippen molar-refractivity contribution >= 4 is 50.6 Å². The van der Waals surface area contributed by atoms with Gasteiger partial charge in [-0.25, -0.2) is 0 Å². The summed E-state index contributed by atoms with van der Waals surface area (Å²) in [5, 5.41) is 11.6. The molecule has 94 valence electrons. The monoisotopic (exact) mass is 343 g/mol. The number of nitrogens with zero attached hydrogens (tertiary/aromatic N) is 2. The van der Waals surface area contributed by atoms with Crippen molar-refractivity contribution < 1.29 is 4.79 Å². The molecule has 0 atom stereocenters. The van der Waals surface area contributed by atoms with E-state index < -0.39 is 0 Å². The van der Waals surface area contributed by atoms with Gasteiger partial charge in [-0.2, -0.15) is 0 Å². The Morgan fingerprint density at radius 1 is 1.39 bits per heavy atom. The van der Waals surface area contributed by atoms with E-state index in [1.165, 1.54) is 23.1 Å². The number of anilines is 1. The van der Waals surface area contributed by atoms with E-state index in [1.54, 1.807) is 0 Å². The minimum absolute atomic E-state index is 0.0461. The molecular weight excluding hydrogens is 334 g/mol. The molecule has 1 aromatic carbocycles. The molecule has 1 heterocycles. The second kappa shape index (κ2) is 6.31. The van der Waals surface area contributed by atoms with E-state index in [4.69, 9.17) is 0 Å². The van der Waals surface area contributed by atoms with Crippen molar-refractivity contribution in [3.63, 3.8) is 0 Å². The lowest BCUT2D eigenvalue weighted by Gasteiger charge is -2.03. The van der Waals surface area contributed by atoms with Crippen LogP contribution in [-0.4, -0.2) is 21.9 Å². The standard InChI is InChI=1S/C11H10BrN3OS2/c1-7-14-15-11(18-7)17-6-10(16)13-9-4-2-8(12)3-5-9/h2-5H,6H2,1H3,(H,13,16). The molecule has 0 unspecified atom stereocenters. The molecule has 0 saturated heterocycles. The molecule has 0 radical (unpaired) electrons. The van der Waals surface area contributed by atoms with E-state index >= 15 is 0 Å². The minimum Gasteiger partial charge on any atom is -0.325 e. The Bertz CT molecular complexity index is 541.